The predicted molar refractivity (Wildman–Crippen MR) is 40.6 cm³/mol. The molecule has 0 aromatic carbocycles. The van der Waals surface area contributed by atoms with Crippen molar-refractivity contribution in [2.24, 2.45) is 5.73 Å². The van der Waals surface area contributed by atoms with Gasteiger partial charge in [-0.25, -0.2) is 0 Å². The molecule has 4 nitrogen and oxygen atoms in total. The first-order valence-corrected chi connectivity index (χ1v) is 3.62. The van der Waals surface area contributed by atoms with Gasteiger partial charge >= 0.3 is 0 Å². The van der Waals surface area contributed by atoms with Crippen LogP contribution in [0.25, 0.3) is 0 Å². The van der Waals surface area contributed by atoms with E-state index in [0.29, 0.717) is 4.47 Å². The van der Waals surface area contributed by atoms with Crippen molar-refractivity contribution in [3.05, 3.63) is 22.6 Å². The summed E-state index contributed by atoms with van der Waals surface area (Å²) in [5, 5.41) is 9.07. The van der Waals surface area contributed by atoms with Crippen molar-refractivity contribution in [3.8, 4) is 0 Å². The van der Waals surface area contributed by atoms with Gasteiger partial charge in [0, 0.05) is 0 Å². The average Bonchev–Trinajstić information content (AvgIpc) is 2.33. The molecule has 1 amide bonds. The summed E-state index contributed by atoms with van der Waals surface area (Å²) in [4.78, 5) is 10.4. The minimum absolute atomic E-state index is 0.137. The van der Waals surface area contributed by atoms with Crippen LogP contribution in [0.15, 0.2) is 21.2 Å². The van der Waals surface area contributed by atoms with E-state index in [-0.39, 0.29) is 5.76 Å². The highest BCUT2D eigenvalue weighted by molar-refractivity contribution is 9.10. The number of primary amides is 1. The van der Waals surface area contributed by atoms with Crippen LogP contribution in [-0.4, -0.2) is 11.0 Å². The molecule has 0 aliphatic heterocycles. The molecule has 1 unspecified atom stereocenters. The van der Waals surface area contributed by atoms with Gasteiger partial charge in [0.15, 0.2) is 11.9 Å². The Morgan fingerprint density at radius 1 is 1.82 bits per heavy atom. The van der Waals surface area contributed by atoms with Gasteiger partial charge in [-0.3, -0.25) is 4.79 Å². The van der Waals surface area contributed by atoms with Crippen LogP contribution in [0, 0.1) is 0 Å². The van der Waals surface area contributed by atoms with Gasteiger partial charge in [0.1, 0.15) is 0 Å². The molecule has 0 bridgehead atoms. The normalized spacial score (nSPS) is 12.9. The van der Waals surface area contributed by atoms with Crippen LogP contribution in [0.5, 0.6) is 0 Å². The molecular formula is C6H6BrNO3. The van der Waals surface area contributed by atoms with Gasteiger partial charge in [0.05, 0.1) is 10.7 Å². The van der Waals surface area contributed by atoms with Crippen molar-refractivity contribution in [2.75, 3.05) is 0 Å². The average molecular weight is 220 g/mol. The van der Waals surface area contributed by atoms with Gasteiger partial charge in [-0.15, -0.1) is 0 Å². The van der Waals surface area contributed by atoms with Crippen molar-refractivity contribution in [1.82, 2.24) is 0 Å². The molecule has 0 saturated carbocycles. The Labute approximate surface area is 71.1 Å². The molecule has 0 aliphatic rings. The number of amides is 1. The molecule has 3 N–H and O–H groups in total. The van der Waals surface area contributed by atoms with E-state index in [1.54, 1.807) is 6.07 Å². The second-order valence-electron chi connectivity index (χ2n) is 1.94. The van der Waals surface area contributed by atoms with Crippen LogP contribution < -0.4 is 5.73 Å². The second-order valence-corrected chi connectivity index (χ2v) is 2.79. The topological polar surface area (TPSA) is 76.5 Å². The van der Waals surface area contributed by atoms with E-state index >= 15 is 0 Å². The number of hydrogen-bond acceptors (Lipinski definition) is 3. The second kappa shape index (κ2) is 3.06. The van der Waals surface area contributed by atoms with Crippen LogP contribution in [0.1, 0.15) is 11.9 Å². The molecule has 5 heteroatoms. The van der Waals surface area contributed by atoms with Crippen molar-refractivity contribution in [3.63, 3.8) is 0 Å². The van der Waals surface area contributed by atoms with E-state index in [2.05, 4.69) is 15.9 Å². The Kier molecular flexibility index (Phi) is 2.31. The smallest absolute Gasteiger partial charge is 0.254 e. The highest BCUT2D eigenvalue weighted by Crippen LogP contribution is 2.23. The molecule has 1 rings (SSSR count). The van der Waals surface area contributed by atoms with E-state index in [4.69, 9.17) is 15.3 Å². The monoisotopic (exact) mass is 219 g/mol. The third kappa shape index (κ3) is 1.61. The number of aliphatic hydroxyl groups excluding tert-OH is 1. The lowest BCUT2D eigenvalue weighted by Crippen LogP contribution is -2.20. The van der Waals surface area contributed by atoms with E-state index in [0.717, 1.165) is 0 Å². The summed E-state index contributed by atoms with van der Waals surface area (Å²) < 4.78 is 5.32. The summed E-state index contributed by atoms with van der Waals surface area (Å²) in [6, 6.07) is 1.57. The molecule has 1 aromatic heterocycles. The van der Waals surface area contributed by atoms with Crippen LogP contribution in [0.3, 0.4) is 0 Å². The molecule has 60 valence electrons. The van der Waals surface area contributed by atoms with Crippen LogP contribution in [-0.2, 0) is 4.79 Å². The van der Waals surface area contributed by atoms with E-state index < -0.39 is 12.0 Å². The lowest BCUT2D eigenvalue weighted by Gasteiger charge is -2.01. The van der Waals surface area contributed by atoms with E-state index in [9.17, 15) is 4.79 Å². The zero-order valence-corrected chi connectivity index (χ0v) is 7.04. The molecule has 1 heterocycles. The third-order valence-corrected chi connectivity index (χ3v) is 1.82. The zero-order chi connectivity index (χ0) is 8.43. The number of aliphatic hydroxyl groups is 1. The summed E-state index contributed by atoms with van der Waals surface area (Å²) in [6.45, 7) is 0. The van der Waals surface area contributed by atoms with E-state index in [1.165, 1.54) is 6.26 Å². The summed E-state index contributed by atoms with van der Waals surface area (Å²) in [5.74, 6) is -0.696. The van der Waals surface area contributed by atoms with Crippen molar-refractivity contribution in [2.45, 2.75) is 6.10 Å². The highest BCUT2D eigenvalue weighted by atomic mass is 79.9. The van der Waals surface area contributed by atoms with Gasteiger partial charge in [-0.05, 0) is 22.0 Å². The zero-order valence-electron chi connectivity index (χ0n) is 5.45. The van der Waals surface area contributed by atoms with Crippen molar-refractivity contribution in [1.29, 1.82) is 0 Å². The fourth-order valence-corrected chi connectivity index (χ4v) is 1.05. The molecule has 0 radical (unpaired) electrons. The Balaban J connectivity index is 2.92. The number of rotatable bonds is 2. The lowest BCUT2D eigenvalue weighted by molar-refractivity contribution is -0.127. The maximum absolute atomic E-state index is 10.4. The third-order valence-electron chi connectivity index (χ3n) is 1.16. The number of furan rings is 1. The summed E-state index contributed by atoms with van der Waals surface area (Å²) in [6.07, 6.45) is -0.0228. The maximum Gasteiger partial charge on any atom is 0.254 e. The molecule has 1 atom stereocenters. The first-order valence-electron chi connectivity index (χ1n) is 2.83. The Hall–Kier alpha value is -0.810. The van der Waals surface area contributed by atoms with Gasteiger partial charge in [0.2, 0.25) is 0 Å². The number of hydrogen-bond donors (Lipinski definition) is 2. The minimum atomic E-state index is -1.38. The van der Waals surface area contributed by atoms with Crippen LogP contribution >= 0.6 is 15.9 Å². The van der Waals surface area contributed by atoms with E-state index in [1.807, 2.05) is 0 Å². The Morgan fingerprint density at radius 3 is 2.82 bits per heavy atom. The molecule has 1 aromatic rings. The van der Waals surface area contributed by atoms with Gasteiger partial charge in [0.25, 0.3) is 5.91 Å². The summed E-state index contributed by atoms with van der Waals surface area (Å²) in [5.41, 5.74) is 4.83. The Morgan fingerprint density at radius 2 is 2.45 bits per heavy atom. The van der Waals surface area contributed by atoms with Crippen LogP contribution in [0.2, 0.25) is 0 Å². The van der Waals surface area contributed by atoms with Crippen molar-refractivity contribution < 1.29 is 14.3 Å². The highest BCUT2D eigenvalue weighted by Gasteiger charge is 2.19. The molecule has 0 aliphatic carbocycles. The fourth-order valence-electron chi connectivity index (χ4n) is 0.630. The van der Waals surface area contributed by atoms with Crippen LogP contribution in [0.4, 0.5) is 0 Å². The maximum atomic E-state index is 10.4. The molecule has 0 fully saturated rings. The summed E-state index contributed by atoms with van der Waals surface area (Å²) >= 11 is 3.07. The SMILES string of the molecule is NC(=O)C(O)c1occc1Br. The van der Waals surface area contributed by atoms with Gasteiger partial charge in [-0.2, -0.15) is 0 Å². The largest absolute Gasteiger partial charge is 0.465 e. The summed E-state index contributed by atoms with van der Waals surface area (Å²) in [7, 11) is 0. The first-order chi connectivity index (χ1) is 5.13. The molecular weight excluding hydrogens is 214 g/mol. The molecule has 0 saturated heterocycles. The number of carbonyl (C=O) groups excluding carboxylic acids is 1. The standard InChI is InChI=1S/C6H6BrNO3/c7-3-1-2-11-5(3)4(9)6(8)10/h1-2,4,9H,(H2,8,10). The first kappa shape index (κ1) is 8.29. The van der Waals surface area contributed by atoms with Gasteiger partial charge < -0.3 is 15.3 Å². The van der Waals surface area contributed by atoms with Crippen molar-refractivity contribution >= 4 is 21.8 Å². The molecule has 11 heavy (non-hydrogen) atoms. The van der Waals surface area contributed by atoms with Gasteiger partial charge in [-0.1, -0.05) is 0 Å². The quantitative estimate of drug-likeness (QED) is 0.764. The fraction of sp³-hybridized carbons (Fsp3) is 0.167. The molecule has 0 spiro atoms. The lowest BCUT2D eigenvalue weighted by atomic mass is 10.3. The predicted octanol–water partition coefficient (Wildman–Crippen LogP) is 0.561. The Bertz CT molecular complexity index is 271. The minimum Gasteiger partial charge on any atom is -0.465 e. The number of carbonyl (C=O) groups is 1. The number of nitrogens with two attached hydrogens (primary N) is 1. The number of halogens is 1.